The minimum Gasteiger partial charge on any atom is -0.389 e. The van der Waals surface area contributed by atoms with E-state index in [1.165, 1.54) is 40.3 Å². The molecule has 1 saturated heterocycles. The summed E-state index contributed by atoms with van der Waals surface area (Å²) in [5.41, 5.74) is 3.87. The first-order valence-electron chi connectivity index (χ1n) is 11.9. The molecule has 3 aliphatic carbocycles. The lowest BCUT2D eigenvalue weighted by Gasteiger charge is -2.53. The first-order valence-corrected chi connectivity index (χ1v) is 11.9. The van der Waals surface area contributed by atoms with Crippen LogP contribution in [0.5, 0.6) is 0 Å². The zero-order valence-corrected chi connectivity index (χ0v) is 18.1. The van der Waals surface area contributed by atoms with Crippen LogP contribution in [-0.4, -0.2) is 27.4 Å². The van der Waals surface area contributed by atoms with Crippen LogP contribution in [0.4, 0.5) is 0 Å². The lowest BCUT2D eigenvalue weighted by atomic mass is 9.58. The topological polar surface area (TPSA) is 42.4 Å². The van der Waals surface area contributed by atoms with E-state index in [1.54, 1.807) is 0 Å². The summed E-state index contributed by atoms with van der Waals surface area (Å²) < 4.78 is 7.13. The molecule has 1 N–H and O–H groups in total. The van der Waals surface area contributed by atoms with Gasteiger partial charge in [0.25, 0.3) is 0 Å². The summed E-state index contributed by atoms with van der Waals surface area (Å²) in [5, 5.41) is 12.9. The van der Waals surface area contributed by atoms with Crippen LogP contribution in [0.25, 0.3) is 10.8 Å². The minimum atomic E-state index is -0.393. The molecule has 6 atom stereocenters. The van der Waals surface area contributed by atoms with E-state index in [1.807, 2.05) is 18.5 Å². The van der Waals surface area contributed by atoms with Crippen molar-refractivity contribution in [2.45, 2.75) is 68.7 Å². The van der Waals surface area contributed by atoms with Gasteiger partial charge in [0.15, 0.2) is 0 Å². The van der Waals surface area contributed by atoms with Crippen molar-refractivity contribution in [1.82, 2.24) is 4.98 Å². The number of hydrogen-bond acceptors (Lipinski definition) is 3. The Hall–Kier alpha value is -2.23. The molecule has 2 spiro atoms. The van der Waals surface area contributed by atoms with E-state index >= 15 is 0 Å². The molecule has 5 aliphatic rings. The molecule has 1 saturated carbocycles. The number of allylic oxidation sites excluding steroid dienone is 1. The highest BCUT2D eigenvalue weighted by Gasteiger charge is 2.66. The highest BCUT2D eigenvalue weighted by molar-refractivity contribution is 5.82. The number of pyridine rings is 1. The largest absolute Gasteiger partial charge is 0.389 e. The average Bonchev–Trinajstić information content (AvgIpc) is 3.28. The van der Waals surface area contributed by atoms with Crippen LogP contribution in [-0.2, 0) is 4.74 Å². The summed E-state index contributed by atoms with van der Waals surface area (Å²) in [6.45, 7) is 2.51. The average molecular weight is 412 g/mol. The van der Waals surface area contributed by atoms with Crippen molar-refractivity contribution in [1.29, 1.82) is 0 Å². The summed E-state index contributed by atoms with van der Waals surface area (Å²) in [6.07, 6.45) is 18.7. The molecule has 2 fully saturated rings. The van der Waals surface area contributed by atoms with E-state index in [0.29, 0.717) is 18.3 Å². The predicted molar refractivity (Wildman–Crippen MR) is 122 cm³/mol. The Morgan fingerprint density at radius 1 is 1.10 bits per heavy atom. The number of aliphatic hydroxyl groups excluding tert-OH is 1. The minimum absolute atomic E-state index is 0.172. The zero-order chi connectivity index (χ0) is 20.8. The SMILES string of the molecule is C[C@]12CC=C3C=C4C=C[C@@H](O)CC45CC[C@]3(O5)[C@@H]1CC[C@@H]2c1ccc2ccncc2c1. The fourth-order valence-electron chi connectivity index (χ4n) is 7.91. The second kappa shape index (κ2) is 5.96. The molecule has 31 heavy (non-hydrogen) atoms. The van der Waals surface area contributed by atoms with E-state index in [4.69, 9.17) is 4.74 Å². The number of hydrogen-bond donors (Lipinski definition) is 1. The van der Waals surface area contributed by atoms with Gasteiger partial charge in [-0.15, -0.1) is 0 Å². The maximum absolute atomic E-state index is 10.4. The Morgan fingerprint density at radius 2 is 2.03 bits per heavy atom. The lowest BCUT2D eigenvalue weighted by Crippen LogP contribution is -2.53. The second-order valence-corrected chi connectivity index (χ2v) is 10.8. The van der Waals surface area contributed by atoms with Crippen LogP contribution in [0.3, 0.4) is 0 Å². The van der Waals surface area contributed by atoms with Crippen LogP contribution in [0, 0.1) is 11.3 Å². The van der Waals surface area contributed by atoms with Gasteiger partial charge in [0.2, 0.25) is 0 Å². The molecular formula is C28H29NO2. The van der Waals surface area contributed by atoms with E-state index in [2.05, 4.69) is 54.4 Å². The van der Waals surface area contributed by atoms with Gasteiger partial charge in [-0.3, -0.25) is 4.98 Å². The Kier molecular flexibility index (Phi) is 3.53. The van der Waals surface area contributed by atoms with Crippen molar-refractivity contribution in [2.75, 3.05) is 0 Å². The Morgan fingerprint density at radius 3 is 2.97 bits per heavy atom. The van der Waals surface area contributed by atoms with Gasteiger partial charge in [-0.25, -0.2) is 0 Å². The van der Waals surface area contributed by atoms with Crippen molar-refractivity contribution in [2.24, 2.45) is 11.3 Å². The maximum Gasteiger partial charge on any atom is 0.0975 e. The molecule has 3 heteroatoms. The smallest absolute Gasteiger partial charge is 0.0975 e. The van der Waals surface area contributed by atoms with Gasteiger partial charge in [-0.05, 0) is 83.6 Å². The molecule has 1 aromatic carbocycles. The number of aromatic nitrogens is 1. The first kappa shape index (κ1) is 18.4. The summed E-state index contributed by atoms with van der Waals surface area (Å²) in [6, 6.07) is 9.07. The molecule has 2 aliphatic heterocycles. The number of rotatable bonds is 1. The normalized spacial score (nSPS) is 42.6. The number of fused-ring (bicyclic) bond motifs is 2. The molecule has 158 valence electrons. The lowest BCUT2D eigenvalue weighted by molar-refractivity contribution is -0.135. The number of aliphatic hydroxyl groups is 1. The van der Waals surface area contributed by atoms with Crippen LogP contribution in [0.15, 0.2) is 72.1 Å². The fraction of sp³-hybridized carbons (Fsp3) is 0.464. The maximum atomic E-state index is 10.4. The molecule has 0 amide bonds. The van der Waals surface area contributed by atoms with Crippen molar-refractivity contribution in [3.8, 4) is 0 Å². The Labute approximate surface area is 183 Å². The van der Waals surface area contributed by atoms with Gasteiger partial charge in [-0.2, -0.15) is 0 Å². The van der Waals surface area contributed by atoms with Crippen molar-refractivity contribution >= 4 is 10.8 Å². The van der Waals surface area contributed by atoms with Gasteiger partial charge < -0.3 is 9.84 Å². The van der Waals surface area contributed by atoms with Crippen molar-refractivity contribution < 1.29 is 9.84 Å². The third-order valence-electron chi connectivity index (χ3n) is 9.37. The molecule has 1 aromatic heterocycles. The highest BCUT2D eigenvalue weighted by Crippen LogP contribution is 2.68. The molecule has 2 aromatic rings. The van der Waals surface area contributed by atoms with Gasteiger partial charge in [0.1, 0.15) is 0 Å². The number of benzene rings is 1. The molecular weight excluding hydrogens is 382 g/mol. The van der Waals surface area contributed by atoms with E-state index < -0.39 is 6.10 Å². The third-order valence-corrected chi connectivity index (χ3v) is 9.37. The standard InChI is InChI=1S/C28H29NO2/c1-26-10-8-22-15-21-4-5-23(30)16-27(21)11-12-28(22,31-27)25(26)7-6-24(26)19-3-2-18-9-13-29-17-20(18)14-19/h2-5,8-9,13-15,17,23-25,30H,6-7,10-12,16H2,1H3/t23-,24-,25-,26-,27?,28-/m1/s1. The van der Waals surface area contributed by atoms with Crippen LogP contribution >= 0.6 is 0 Å². The second-order valence-electron chi connectivity index (χ2n) is 10.8. The van der Waals surface area contributed by atoms with Crippen molar-refractivity contribution in [3.63, 3.8) is 0 Å². The molecule has 3 nitrogen and oxygen atoms in total. The first-order chi connectivity index (χ1) is 15.0. The zero-order valence-electron chi connectivity index (χ0n) is 18.1. The molecule has 0 radical (unpaired) electrons. The fourth-order valence-corrected chi connectivity index (χ4v) is 7.91. The summed E-state index contributed by atoms with van der Waals surface area (Å²) in [4.78, 5) is 4.35. The molecule has 3 heterocycles. The predicted octanol–water partition coefficient (Wildman–Crippen LogP) is 5.61. The quantitative estimate of drug-likeness (QED) is 0.663. The van der Waals surface area contributed by atoms with E-state index in [0.717, 1.165) is 19.3 Å². The highest BCUT2D eigenvalue weighted by atomic mass is 16.5. The van der Waals surface area contributed by atoms with E-state index in [9.17, 15) is 5.11 Å². The monoisotopic (exact) mass is 411 g/mol. The Balaban J connectivity index is 1.32. The summed E-state index contributed by atoms with van der Waals surface area (Å²) in [7, 11) is 0. The summed E-state index contributed by atoms with van der Waals surface area (Å²) in [5.74, 6) is 1.06. The van der Waals surface area contributed by atoms with Crippen LogP contribution < -0.4 is 0 Å². The van der Waals surface area contributed by atoms with Gasteiger partial charge in [0, 0.05) is 24.2 Å². The third kappa shape index (κ3) is 2.29. The van der Waals surface area contributed by atoms with Gasteiger partial charge >= 0.3 is 0 Å². The van der Waals surface area contributed by atoms with Gasteiger partial charge in [0.05, 0.1) is 17.3 Å². The number of nitrogens with zero attached hydrogens (tertiary/aromatic N) is 1. The molecule has 7 rings (SSSR count). The number of ether oxygens (including phenoxy) is 1. The Bertz CT molecular complexity index is 1190. The van der Waals surface area contributed by atoms with Crippen molar-refractivity contribution in [3.05, 3.63) is 77.7 Å². The summed E-state index contributed by atoms with van der Waals surface area (Å²) >= 11 is 0. The van der Waals surface area contributed by atoms with E-state index in [-0.39, 0.29) is 16.6 Å². The molecule has 2 bridgehead atoms. The van der Waals surface area contributed by atoms with Crippen LogP contribution in [0.2, 0.25) is 0 Å². The molecule has 1 unspecified atom stereocenters. The van der Waals surface area contributed by atoms with Gasteiger partial charge in [-0.1, -0.05) is 43.4 Å². The van der Waals surface area contributed by atoms with Crippen LogP contribution in [0.1, 0.15) is 56.9 Å².